The van der Waals surface area contributed by atoms with E-state index in [1.54, 1.807) is 0 Å². The van der Waals surface area contributed by atoms with Crippen molar-refractivity contribution < 1.29 is 0 Å². The third-order valence-electron chi connectivity index (χ3n) is 4.62. The number of hydrogen-bond donors (Lipinski definition) is 0. The Morgan fingerprint density at radius 1 is 0.583 bits per heavy atom. The minimum absolute atomic E-state index is 0.204. The molecule has 1 saturated heterocycles. The molecule has 0 N–H and O–H groups in total. The Kier molecular flexibility index (Phi) is 4.42. The lowest BCUT2D eigenvalue weighted by Gasteiger charge is -2.42. The van der Waals surface area contributed by atoms with E-state index >= 15 is 0 Å². The van der Waals surface area contributed by atoms with Crippen molar-refractivity contribution >= 4 is 11.9 Å². The number of benzene rings is 3. The Morgan fingerprint density at radius 2 is 0.958 bits per heavy atom. The van der Waals surface area contributed by atoms with Gasteiger partial charge in [-0.25, -0.2) is 4.31 Å². The van der Waals surface area contributed by atoms with Crippen LogP contribution < -0.4 is 0 Å². The fraction of sp³-hybridized carbons (Fsp3) is 0.182. The van der Waals surface area contributed by atoms with Gasteiger partial charge in [0.2, 0.25) is 0 Å². The summed E-state index contributed by atoms with van der Waals surface area (Å²) in [5, 5.41) is 0. The smallest absolute Gasteiger partial charge is 0.105 e. The molecule has 24 heavy (non-hydrogen) atoms. The summed E-state index contributed by atoms with van der Waals surface area (Å²) >= 11 is 1.97. The van der Waals surface area contributed by atoms with Gasteiger partial charge in [0.05, 0.1) is 0 Å². The topological polar surface area (TPSA) is 3.24 Å². The summed E-state index contributed by atoms with van der Waals surface area (Å²) in [6.45, 7) is 2.33. The SMILES string of the molecule is c1ccc(C(SN2CCC2)(c2ccccc2)c2ccccc2)cc1. The summed E-state index contributed by atoms with van der Waals surface area (Å²) in [7, 11) is 0. The van der Waals surface area contributed by atoms with E-state index < -0.39 is 0 Å². The lowest BCUT2D eigenvalue weighted by atomic mass is 9.84. The van der Waals surface area contributed by atoms with Crippen LogP contribution in [-0.4, -0.2) is 17.4 Å². The van der Waals surface area contributed by atoms with Crippen molar-refractivity contribution in [2.45, 2.75) is 11.2 Å². The molecule has 0 unspecified atom stereocenters. The monoisotopic (exact) mass is 331 g/mol. The first-order valence-electron chi connectivity index (χ1n) is 8.50. The van der Waals surface area contributed by atoms with Gasteiger partial charge in [-0.2, -0.15) is 0 Å². The summed E-state index contributed by atoms with van der Waals surface area (Å²) in [6.07, 6.45) is 1.29. The third-order valence-corrected chi connectivity index (χ3v) is 6.23. The predicted octanol–water partition coefficient (Wildman–Crippen LogP) is 5.33. The summed E-state index contributed by atoms with van der Waals surface area (Å²) < 4.78 is 2.29. The van der Waals surface area contributed by atoms with Gasteiger partial charge < -0.3 is 0 Å². The lowest BCUT2D eigenvalue weighted by molar-refractivity contribution is 0.340. The van der Waals surface area contributed by atoms with Crippen LogP contribution in [0.25, 0.3) is 0 Å². The van der Waals surface area contributed by atoms with Crippen LogP contribution in [0.2, 0.25) is 0 Å². The maximum absolute atomic E-state index is 2.49. The summed E-state index contributed by atoms with van der Waals surface area (Å²) in [5.41, 5.74) is 4.00. The molecule has 3 aromatic carbocycles. The lowest BCUT2D eigenvalue weighted by Crippen LogP contribution is -2.38. The number of nitrogens with zero attached hydrogens (tertiary/aromatic N) is 1. The van der Waals surface area contributed by atoms with Crippen LogP contribution >= 0.6 is 11.9 Å². The van der Waals surface area contributed by atoms with E-state index in [1.165, 1.54) is 36.2 Å². The average molecular weight is 331 g/mol. The number of rotatable bonds is 5. The van der Waals surface area contributed by atoms with E-state index in [-0.39, 0.29) is 4.75 Å². The van der Waals surface area contributed by atoms with Crippen LogP contribution in [0.1, 0.15) is 23.1 Å². The summed E-state index contributed by atoms with van der Waals surface area (Å²) in [4.78, 5) is 0. The molecule has 0 atom stereocenters. The third kappa shape index (κ3) is 2.77. The Labute approximate surface area is 148 Å². The van der Waals surface area contributed by atoms with Crippen LogP contribution in [0.3, 0.4) is 0 Å². The standard InChI is InChI=1S/C22H21NS/c1-4-11-19(12-5-1)22(24-23-17-10-18-23,20-13-6-2-7-14-20)21-15-8-3-9-16-21/h1-9,11-16H,10,17-18H2. The fourth-order valence-corrected chi connectivity index (χ4v) is 4.80. The van der Waals surface area contributed by atoms with Gasteiger partial charge in [-0.05, 0) is 23.1 Å². The van der Waals surface area contributed by atoms with Crippen molar-refractivity contribution in [3.8, 4) is 0 Å². The molecule has 1 heterocycles. The predicted molar refractivity (Wildman–Crippen MR) is 103 cm³/mol. The highest BCUT2D eigenvalue weighted by Gasteiger charge is 2.40. The van der Waals surface area contributed by atoms with E-state index in [9.17, 15) is 0 Å². The van der Waals surface area contributed by atoms with Crippen LogP contribution in [-0.2, 0) is 4.75 Å². The Morgan fingerprint density at radius 3 is 1.25 bits per heavy atom. The van der Waals surface area contributed by atoms with Crippen molar-refractivity contribution in [1.29, 1.82) is 0 Å². The van der Waals surface area contributed by atoms with Crippen molar-refractivity contribution in [3.63, 3.8) is 0 Å². The largest absolute Gasteiger partial charge is 0.249 e. The van der Waals surface area contributed by atoms with Gasteiger partial charge >= 0.3 is 0 Å². The molecular formula is C22H21NS. The average Bonchev–Trinajstić information content (AvgIpc) is 2.64. The second kappa shape index (κ2) is 6.84. The van der Waals surface area contributed by atoms with Gasteiger partial charge in [0.15, 0.2) is 0 Å². The zero-order valence-electron chi connectivity index (χ0n) is 13.6. The molecule has 1 aliphatic heterocycles. The summed E-state index contributed by atoms with van der Waals surface area (Å²) in [6, 6.07) is 32.7. The molecular weight excluding hydrogens is 310 g/mol. The first-order valence-corrected chi connectivity index (χ1v) is 9.27. The Hall–Kier alpha value is -2.03. The first kappa shape index (κ1) is 15.5. The van der Waals surface area contributed by atoms with Crippen molar-refractivity contribution in [3.05, 3.63) is 108 Å². The van der Waals surface area contributed by atoms with Gasteiger partial charge in [-0.3, -0.25) is 0 Å². The van der Waals surface area contributed by atoms with Crippen molar-refractivity contribution in [1.82, 2.24) is 4.31 Å². The van der Waals surface area contributed by atoms with Gasteiger partial charge in [-0.1, -0.05) is 103 Å². The molecule has 0 amide bonds. The van der Waals surface area contributed by atoms with E-state index in [0.29, 0.717) is 0 Å². The highest BCUT2D eigenvalue weighted by molar-refractivity contribution is 7.98. The molecule has 2 heteroatoms. The Balaban J connectivity index is 1.95. The second-order valence-corrected chi connectivity index (χ2v) is 7.46. The molecule has 1 nitrogen and oxygen atoms in total. The zero-order chi connectivity index (χ0) is 16.2. The molecule has 1 fully saturated rings. The minimum Gasteiger partial charge on any atom is -0.249 e. The van der Waals surface area contributed by atoms with Crippen molar-refractivity contribution in [2.75, 3.05) is 13.1 Å². The highest BCUT2D eigenvalue weighted by atomic mass is 32.2. The molecule has 3 aromatic rings. The van der Waals surface area contributed by atoms with E-state index in [2.05, 4.69) is 95.3 Å². The molecule has 0 aromatic heterocycles. The molecule has 0 bridgehead atoms. The van der Waals surface area contributed by atoms with Crippen LogP contribution in [0.15, 0.2) is 91.0 Å². The zero-order valence-corrected chi connectivity index (χ0v) is 14.5. The Bertz CT molecular complexity index is 670. The molecule has 0 saturated carbocycles. The molecule has 1 aliphatic rings. The highest BCUT2D eigenvalue weighted by Crippen LogP contribution is 2.50. The van der Waals surface area contributed by atoms with E-state index in [0.717, 1.165) is 0 Å². The van der Waals surface area contributed by atoms with Gasteiger partial charge in [0.25, 0.3) is 0 Å². The molecule has 4 rings (SSSR count). The van der Waals surface area contributed by atoms with Gasteiger partial charge in [0, 0.05) is 13.1 Å². The first-order chi connectivity index (χ1) is 11.9. The molecule has 0 aliphatic carbocycles. The second-order valence-electron chi connectivity index (χ2n) is 6.15. The normalized spacial score (nSPS) is 15.0. The fourth-order valence-electron chi connectivity index (χ4n) is 3.25. The molecule has 120 valence electrons. The van der Waals surface area contributed by atoms with E-state index in [1.807, 2.05) is 11.9 Å². The number of hydrogen-bond acceptors (Lipinski definition) is 2. The quantitative estimate of drug-likeness (QED) is 0.459. The van der Waals surface area contributed by atoms with Crippen LogP contribution in [0.4, 0.5) is 0 Å². The van der Waals surface area contributed by atoms with Gasteiger partial charge in [-0.15, -0.1) is 0 Å². The molecule has 0 radical (unpaired) electrons. The molecule has 0 spiro atoms. The van der Waals surface area contributed by atoms with E-state index in [4.69, 9.17) is 0 Å². The van der Waals surface area contributed by atoms with Crippen LogP contribution in [0.5, 0.6) is 0 Å². The maximum atomic E-state index is 2.49. The maximum Gasteiger partial charge on any atom is 0.105 e. The van der Waals surface area contributed by atoms with Crippen molar-refractivity contribution in [2.24, 2.45) is 0 Å². The summed E-state index contributed by atoms with van der Waals surface area (Å²) in [5.74, 6) is 0. The van der Waals surface area contributed by atoms with Gasteiger partial charge in [0.1, 0.15) is 4.75 Å². The van der Waals surface area contributed by atoms with Crippen LogP contribution in [0, 0.1) is 0 Å². The minimum atomic E-state index is -0.204.